The summed E-state index contributed by atoms with van der Waals surface area (Å²) < 4.78 is 4.68. The van der Waals surface area contributed by atoms with Crippen molar-refractivity contribution in [2.75, 3.05) is 20.2 Å². The molecule has 0 saturated carbocycles. The molecule has 0 aliphatic carbocycles. The smallest absolute Gasteiger partial charge is 0.333 e. The quantitative estimate of drug-likeness (QED) is 0.543. The van der Waals surface area contributed by atoms with E-state index in [4.69, 9.17) is 0 Å². The molecule has 0 aromatic rings. The molecule has 0 spiro atoms. The maximum atomic E-state index is 11.3. The molecule has 3 heteroatoms. The van der Waals surface area contributed by atoms with Crippen molar-refractivity contribution < 1.29 is 9.53 Å². The number of likely N-dealkylation sites (tertiary alicyclic amines) is 1. The van der Waals surface area contributed by atoms with Crippen molar-refractivity contribution in [2.45, 2.75) is 39.2 Å². The standard InChI is InChI=1S/C13H23NO2/c1-10(2)14-7-5-6-12(9-14)8-11(3)13(15)16-4/h10,12H,3,5-9H2,1-2,4H3. The molecule has 0 N–H and O–H groups in total. The fourth-order valence-electron chi connectivity index (χ4n) is 2.31. The highest BCUT2D eigenvalue weighted by molar-refractivity contribution is 5.87. The molecule has 0 aromatic carbocycles. The van der Waals surface area contributed by atoms with Gasteiger partial charge >= 0.3 is 5.97 Å². The van der Waals surface area contributed by atoms with Gasteiger partial charge in [-0.15, -0.1) is 0 Å². The molecular weight excluding hydrogens is 202 g/mol. The van der Waals surface area contributed by atoms with Crippen molar-refractivity contribution in [3.63, 3.8) is 0 Å². The Balaban J connectivity index is 2.43. The lowest BCUT2D eigenvalue weighted by molar-refractivity contribution is -0.136. The van der Waals surface area contributed by atoms with Gasteiger partial charge in [-0.2, -0.15) is 0 Å². The molecule has 0 bridgehead atoms. The topological polar surface area (TPSA) is 29.5 Å². The maximum absolute atomic E-state index is 11.3. The molecular formula is C13H23NO2. The zero-order chi connectivity index (χ0) is 12.1. The molecule has 1 fully saturated rings. The monoisotopic (exact) mass is 225 g/mol. The molecule has 0 amide bonds. The largest absolute Gasteiger partial charge is 0.466 e. The Labute approximate surface area is 98.5 Å². The van der Waals surface area contributed by atoms with Gasteiger partial charge in [-0.05, 0) is 45.6 Å². The van der Waals surface area contributed by atoms with Crippen LogP contribution in [0.4, 0.5) is 0 Å². The van der Waals surface area contributed by atoms with Crippen LogP contribution in [0, 0.1) is 5.92 Å². The van der Waals surface area contributed by atoms with E-state index in [2.05, 4.69) is 30.1 Å². The molecule has 1 aliphatic heterocycles. The van der Waals surface area contributed by atoms with Crippen LogP contribution in [0.2, 0.25) is 0 Å². The van der Waals surface area contributed by atoms with Gasteiger partial charge < -0.3 is 9.64 Å². The molecule has 0 radical (unpaired) electrons. The molecule has 16 heavy (non-hydrogen) atoms. The number of piperidine rings is 1. The second-order valence-electron chi connectivity index (χ2n) is 4.90. The molecule has 1 saturated heterocycles. The zero-order valence-corrected chi connectivity index (χ0v) is 10.7. The van der Waals surface area contributed by atoms with Crippen molar-refractivity contribution in [2.24, 2.45) is 5.92 Å². The van der Waals surface area contributed by atoms with Crippen LogP contribution in [-0.2, 0) is 9.53 Å². The molecule has 1 heterocycles. The number of carbonyl (C=O) groups excluding carboxylic acids is 1. The van der Waals surface area contributed by atoms with Crippen molar-refractivity contribution >= 4 is 5.97 Å². The van der Waals surface area contributed by atoms with E-state index in [1.807, 2.05) is 0 Å². The third kappa shape index (κ3) is 3.63. The van der Waals surface area contributed by atoms with E-state index in [1.54, 1.807) is 0 Å². The highest BCUT2D eigenvalue weighted by atomic mass is 16.5. The van der Waals surface area contributed by atoms with Gasteiger partial charge in [-0.1, -0.05) is 6.58 Å². The number of methoxy groups -OCH3 is 1. The summed E-state index contributed by atoms with van der Waals surface area (Å²) in [4.78, 5) is 13.7. The first-order valence-corrected chi connectivity index (χ1v) is 6.04. The minimum atomic E-state index is -0.262. The normalized spacial score (nSPS) is 22.1. The van der Waals surface area contributed by atoms with Crippen LogP contribution in [0.25, 0.3) is 0 Å². The lowest BCUT2D eigenvalue weighted by Gasteiger charge is -2.35. The van der Waals surface area contributed by atoms with Crippen LogP contribution in [0.3, 0.4) is 0 Å². The number of hydrogen-bond donors (Lipinski definition) is 0. The van der Waals surface area contributed by atoms with Crippen LogP contribution in [0.1, 0.15) is 33.1 Å². The highest BCUT2D eigenvalue weighted by Crippen LogP contribution is 2.24. The van der Waals surface area contributed by atoms with E-state index in [9.17, 15) is 4.79 Å². The van der Waals surface area contributed by atoms with Gasteiger partial charge in [-0.25, -0.2) is 4.79 Å². The predicted octanol–water partition coefficient (Wildman–Crippen LogP) is 2.23. The number of ether oxygens (including phenoxy) is 1. The average molecular weight is 225 g/mol. The summed E-state index contributed by atoms with van der Waals surface area (Å²) in [6.45, 7) is 10.5. The van der Waals surface area contributed by atoms with Gasteiger partial charge in [0.05, 0.1) is 7.11 Å². The third-order valence-corrected chi connectivity index (χ3v) is 3.29. The first kappa shape index (κ1) is 13.2. The molecule has 1 atom stereocenters. The van der Waals surface area contributed by atoms with Crippen LogP contribution in [0.5, 0.6) is 0 Å². The lowest BCUT2D eigenvalue weighted by Crippen LogP contribution is -2.40. The Bertz CT molecular complexity index is 261. The van der Waals surface area contributed by atoms with Gasteiger partial charge in [0.15, 0.2) is 0 Å². The van der Waals surface area contributed by atoms with Gasteiger partial charge in [0.1, 0.15) is 0 Å². The highest BCUT2D eigenvalue weighted by Gasteiger charge is 2.23. The van der Waals surface area contributed by atoms with Gasteiger partial charge in [0.25, 0.3) is 0 Å². The van der Waals surface area contributed by atoms with E-state index >= 15 is 0 Å². The van der Waals surface area contributed by atoms with E-state index in [-0.39, 0.29) is 5.97 Å². The predicted molar refractivity (Wildman–Crippen MR) is 65.2 cm³/mol. The fraction of sp³-hybridized carbons (Fsp3) is 0.769. The fourth-order valence-corrected chi connectivity index (χ4v) is 2.31. The summed E-state index contributed by atoms with van der Waals surface area (Å²) in [5, 5.41) is 0. The summed E-state index contributed by atoms with van der Waals surface area (Å²) in [7, 11) is 1.41. The summed E-state index contributed by atoms with van der Waals surface area (Å²) in [6.07, 6.45) is 3.19. The van der Waals surface area contributed by atoms with Crippen molar-refractivity contribution in [3.05, 3.63) is 12.2 Å². The molecule has 0 aromatic heterocycles. The SMILES string of the molecule is C=C(CC1CCCN(C(C)C)C1)C(=O)OC. The van der Waals surface area contributed by atoms with Gasteiger partial charge in [0, 0.05) is 18.2 Å². The second-order valence-corrected chi connectivity index (χ2v) is 4.90. The van der Waals surface area contributed by atoms with Gasteiger partial charge in [0.2, 0.25) is 0 Å². The Morgan fingerprint density at radius 2 is 2.25 bits per heavy atom. The van der Waals surface area contributed by atoms with E-state index in [0.717, 1.165) is 13.0 Å². The first-order valence-electron chi connectivity index (χ1n) is 6.04. The average Bonchev–Trinajstić information content (AvgIpc) is 2.28. The van der Waals surface area contributed by atoms with Crippen molar-refractivity contribution in [1.29, 1.82) is 0 Å². The molecule has 3 nitrogen and oxygen atoms in total. The lowest BCUT2D eigenvalue weighted by atomic mass is 9.91. The number of esters is 1. The minimum Gasteiger partial charge on any atom is -0.466 e. The van der Waals surface area contributed by atoms with Crippen molar-refractivity contribution in [3.8, 4) is 0 Å². The summed E-state index contributed by atoms with van der Waals surface area (Å²) in [5.41, 5.74) is 0.609. The molecule has 1 unspecified atom stereocenters. The Morgan fingerprint density at radius 1 is 1.56 bits per heavy atom. The number of carbonyl (C=O) groups is 1. The zero-order valence-electron chi connectivity index (χ0n) is 10.7. The Kier molecular flexibility index (Phi) is 5.00. The second kappa shape index (κ2) is 6.04. The van der Waals surface area contributed by atoms with Crippen LogP contribution in [0.15, 0.2) is 12.2 Å². The number of nitrogens with zero attached hydrogens (tertiary/aromatic N) is 1. The van der Waals surface area contributed by atoms with E-state index in [1.165, 1.54) is 26.5 Å². The third-order valence-electron chi connectivity index (χ3n) is 3.29. The summed E-state index contributed by atoms with van der Waals surface area (Å²) >= 11 is 0. The Hall–Kier alpha value is -0.830. The van der Waals surface area contributed by atoms with Crippen LogP contribution < -0.4 is 0 Å². The molecule has 1 rings (SSSR count). The minimum absolute atomic E-state index is 0.262. The van der Waals surface area contributed by atoms with E-state index < -0.39 is 0 Å². The Morgan fingerprint density at radius 3 is 2.81 bits per heavy atom. The number of rotatable bonds is 4. The van der Waals surface area contributed by atoms with Crippen LogP contribution in [-0.4, -0.2) is 37.1 Å². The van der Waals surface area contributed by atoms with Gasteiger partial charge in [-0.3, -0.25) is 0 Å². The first-order chi connectivity index (χ1) is 7.54. The summed E-state index contributed by atoms with van der Waals surface area (Å²) in [6, 6.07) is 0.592. The maximum Gasteiger partial charge on any atom is 0.333 e. The molecule has 92 valence electrons. The van der Waals surface area contributed by atoms with Crippen LogP contribution >= 0.6 is 0 Å². The summed E-state index contributed by atoms with van der Waals surface area (Å²) in [5.74, 6) is 0.296. The molecule has 1 aliphatic rings. The van der Waals surface area contributed by atoms with Crippen molar-refractivity contribution in [1.82, 2.24) is 4.90 Å². The van der Waals surface area contributed by atoms with E-state index in [0.29, 0.717) is 17.5 Å². The number of hydrogen-bond acceptors (Lipinski definition) is 3.